The summed E-state index contributed by atoms with van der Waals surface area (Å²) in [6, 6.07) is 6.95. The summed E-state index contributed by atoms with van der Waals surface area (Å²) in [5.41, 5.74) is 8.03. The van der Waals surface area contributed by atoms with Crippen LogP contribution in [0.15, 0.2) is 22.7 Å². The molecule has 0 bridgehead atoms. The Morgan fingerprint density at radius 3 is 2.68 bits per heavy atom. The Kier molecular flexibility index (Phi) is 4.07. The van der Waals surface area contributed by atoms with Gasteiger partial charge in [-0.15, -0.1) is 0 Å². The van der Waals surface area contributed by atoms with Gasteiger partial charge in [-0.2, -0.15) is 0 Å². The Labute approximate surface area is 122 Å². The number of hydrogen-bond acceptors (Lipinski definition) is 4. The zero-order valence-electron chi connectivity index (χ0n) is 11.0. The van der Waals surface area contributed by atoms with Crippen molar-refractivity contribution in [1.29, 1.82) is 0 Å². The molecule has 0 aliphatic carbocycles. The van der Waals surface area contributed by atoms with E-state index in [1.54, 1.807) is 0 Å². The number of benzene rings is 1. The first-order chi connectivity index (χ1) is 9.22. The molecule has 0 saturated carbocycles. The molecule has 0 amide bonds. The predicted molar refractivity (Wildman–Crippen MR) is 80.0 cm³/mol. The molecule has 0 spiro atoms. The van der Waals surface area contributed by atoms with E-state index in [2.05, 4.69) is 37.9 Å². The number of anilines is 1. The topological polar surface area (TPSA) is 41.7 Å². The lowest BCUT2D eigenvalue weighted by Gasteiger charge is -2.46. The predicted octanol–water partition coefficient (Wildman–Crippen LogP) is 1.55. The van der Waals surface area contributed by atoms with Gasteiger partial charge in [-0.3, -0.25) is 9.80 Å². The second kappa shape index (κ2) is 5.79. The van der Waals surface area contributed by atoms with Crippen LogP contribution in [-0.2, 0) is 11.3 Å². The average molecular weight is 326 g/mol. The van der Waals surface area contributed by atoms with Gasteiger partial charge in [-0.05, 0) is 33.6 Å². The molecular formula is C14H20BrN3O. The Balaban J connectivity index is 1.49. The van der Waals surface area contributed by atoms with Gasteiger partial charge in [0.25, 0.3) is 0 Å². The molecule has 3 rings (SSSR count). The van der Waals surface area contributed by atoms with Gasteiger partial charge in [-0.25, -0.2) is 0 Å². The Morgan fingerprint density at radius 1 is 1.26 bits per heavy atom. The molecule has 19 heavy (non-hydrogen) atoms. The second-order valence-corrected chi connectivity index (χ2v) is 6.21. The van der Waals surface area contributed by atoms with Gasteiger partial charge in [0.05, 0.1) is 13.2 Å². The summed E-state index contributed by atoms with van der Waals surface area (Å²) in [5, 5.41) is 0. The quantitative estimate of drug-likeness (QED) is 0.856. The number of ether oxygens (including phenoxy) is 1. The van der Waals surface area contributed by atoms with Crippen molar-refractivity contribution in [2.24, 2.45) is 0 Å². The van der Waals surface area contributed by atoms with Crippen molar-refractivity contribution >= 4 is 21.6 Å². The van der Waals surface area contributed by atoms with Gasteiger partial charge in [0.15, 0.2) is 0 Å². The molecule has 0 aromatic heterocycles. The van der Waals surface area contributed by atoms with E-state index in [0.717, 1.165) is 62.1 Å². The molecule has 5 heteroatoms. The van der Waals surface area contributed by atoms with Crippen LogP contribution >= 0.6 is 15.9 Å². The van der Waals surface area contributed by atoms with Crippen LogP contribution in [0.4, 0.5) is 5.69 Å². The van der Waals surface area contributed by atoms with Crippen molar-refractivity contribution in [3.63, 3.8) is 0 Å². The normalized spacial score (nSPS) is 22.4. The Bertz CT molecular complexity index is 442. The van der Waals surface area contributed by atoms with Crippen molar-refractivity contribution in [2.45, 2.75) is 12.6 Å². The minimum atomic E-state index is 0.719. The monoisotopic (exact) mass is 325 g/mol. The van der Waals surface area contributed by atoms with E-state index in [4.69, 9.17) is 10.5 Å². The average Bonchev–Trinajstić information content (AvgIpc) is 2.38. The van der Waals surface area contributed by atoms with Gasteiger partial charge in [0, 0.05) is 48.9 Å². The molecule has 0 unspecified atom stereocenters. The number of nitrogens with two attached hydrogens (primary N) is 1. The molecule has 2 aliphatic rings. The maximum atomic E-state index is 5.91. The standard InChI is InChI=1S/C14H20BrN3O/c15-13-2-1-11(7-14(13)16)8-17-9-12(10-17)18-3-5-19-6-4-18/h1-2,7,12H,3-6,8-10,16H2. The molecule has 0 radical (unpaired) electrons. The molecule has 0 atom stereocenters. The highest BCUT2D eigenvalue weighted by atomic mass is 79.9. The third-order valence-corrected chi connectivity index (χ3v) is 4.69. The van der Waals surface area contributed by atoms with Crippen molar-refractivity contribution in [1.82, 2.24) is 9.80 Å². The van der Waals surface area contributed by atoms with Gasteiger partial charge >= 0.3 is 0 Å². The maximum absolute atomic E-state index is 5.91. The number of nitrogen functional groups attached to an aromatic ring is 1. The van der Waals surface area contributed by atoms with E-state index in [1.165, 1.54) is 5.56 Å². The molecule has 2 fully saturated rings. The molecule has 4 nitrogen and oxygen atoms in total. The van der Waals surface area contributed by atoms with Crippen LogP contribution in [0.5, 0.6) is 0 Å². The van der Waals surface area contributed by atoms with Crippen molar-refractivity contribution in [3.8, 4) is 0 Å². The molecule has 2 N–H and O–H groups in total. The van der Waals surface area contributed by atoms with Crippen molar-refractivity contribution in [2.75, 3.05) is 45.1 Å². The molecule has 1 aromatic rings. The lowest BCUT2D eigenvalue weighted by Crippen LogP contribution is -2.60. The molecule has 2 aliphatic heterocycles. The van der Waals surface area contributed by atoms with Crippen LogP contribution < -0.4 is 5.73 Å². The highest BCUT2D eigenvalue weighted by Crippen LogP contribution is 2.23. The van der Waals surface area contributed by atoms with Gasteiger partial charge < -0.3 is 10.5 Å². The van der Waals surface area contributed by atoms with E-state index in [9.17, 15) is 0 Å². The fourth-order valence-corrected chi connectivity index (χ4v) is 3.04. The second-order valence-electron chi connectivity index (χ2n) is 5.35. The number of rotatable bonds is 3. The number of nitrogens with zero attached hydrogens (tertiary/aromatic N) is 2. The van der Waals surface area contributed by atoms with Crippen LogP contribution in [0, 0.1) is 0 Å². The van der Waals surface area contributed by atoms with Gasteiger partial charge in [-0.1, -0.05) is 6.07 Å². The molecule has 2 heterocycles. The maximum Gasteiger partial charge on any atom is 0.0594 e. The fourth-order valence-electron chi connectivity index (χ4n) is 2.80. The number of halogens is 1. The van der Waals surface area contributed by atoms with E-state index in [-0.39, 0.29) is 0 Å². The lowest BCUT2D eigenvalue weighted by atomic mass is 10.0. The number of hydrogen-bond donors (Lipinski definition) is 1. The number of morpholine rings is 1. The van der Waals surface area contributed by atoms with Crippen LogP contribution in [-0.4, -0.2) is 55.2 Å². The van der Waals surface area contributed by atoms with Crippen molar-refractivity contribution < 1.29 is 4.74 Å². The summed E-state index contributed by atoms with van der Waals surface area (Å²) in [6.45, 7) is 7.28. The molecular weight excluding hydrogens is 306 g/mol. The van der Waals surface area contributed by atoms with E-state index in [1.807, 2.05) is 6.07 Å². The first-order valence-corrected chi connectivity index (χ1v) is 7.60. The van der Waals surface area contributed by atoms with Crippen LogP contribution in [0.3, 0.4) is 0 Å². The summed E-state index contributed by atoms with van der Waals surface area (Å²) >= 11 is 3.43. The minimum Gasteiger partial charge on any atom is -0.398 e. The van der Waals surface area contributed by atoms with E-state index >= 15 is 0 Å². The minimum absolute atomic E-state index is 0.719. The van der Waals surface area contributed by atoms with Crippen LogP contribution in [0.1, 0.15) is 5.56 Å². The molecule has 1 aromatic carbocycles. The number of likely N-dealkylation sites (tertiary alicyclic amines) is 1. The largest absolute Gasteiger partial charge is 0.398 e. The zero-order chi connectivity index (χ0) is 13.2. The molecule has 2 saturated heterocycles. The zero-order valence-corrected chi connectivity index (χ0v) is 12.6. The summed E-state index contributed by atoms with van der Waals surface area (Å²) in [5.74, 6) is 0. The summed E-state index contributed by atoms with van der Waals surface area (Å²) < 4.78 is 6.37. The van der Waals surface area contributed by atoms with Gasteiger partial charge in [0.1, 0.15) is 0 Å². The van der Waals surface area contributed by atoms with Crippen LogP contribution in [0.2, 0.25) is 0 Å². The highest BCUT2D eigenvalue weighted by Gasteiger charge is 2.32. The lowest BCUT2D eigenvalue weighted by molar-refractivity contribution is -0.0344. The summed E-state index contributed by atoms with van der Waals surface area (Å²) in [7, 11) is 0. The van der Waals surface area contributed by atoms with Crippen LogP contribution in [0.25, 0.3) is 0 Å². The van der Waals surface area contributed by atoms with Crippen molar-refractivity contribution in [3.05, 3.63) is 28.2 Å². The first-order valence-electron chi connectivity index (χ1n) is 6.80. The SMILES string of the molecule is Nc1cc(CN2CC(N3CCOCC3)C2)ccc1Br. The Hall–Kier alpha value is -0.620. The molecule has 104 valence electrons. The summed E-state index contributed by atoms with van der Waals surface area (Å²) in [4.78, 5) is 5.03. The Morgan fingerprint density at radius 2 is 2.00 bits per heavy atom. The fraction of sp³-hybridized carbons (Fsp3) is 0.571. The first kappa shape index (κ1) is 13.4. The smallest absolute Gasteiger partial charge is 0.0594 e. The third kappa shape index (κ3) is 3.11. The van der Waals surface area contributed by atoms with Gasteiger partial charge in [0.2, 0.25) is 0 Å². The summed E-state index contributed by atoms with van der Waals surface area (Å²) in [6.07, 6.45) is 0. The van der Waals surface area contributed by atoms with E-state index in [0.29, 0.717) is 0 Å². The third-order valence-electron chi connectivity index (χ3n) is 3.97. The highest BCUT2D eigenvalue weighted by molar-refractivity contribution is 9.10. The van der Waals surface area contributed by atoms with E-state index < -0.39 is 0 Å².